The summed E-state index contributed by atoms with van der Waals surface area (Å²) in [6.07, 6.45) is 2.74. The molecule has 4 heterocycles. The average Bonchev–Trinajstić information content (AvgIpc) is 3.65. The van der Waals surface area contributed by atoms with Crippen molar-refractivity contribution in [2.24, 2.45) is 0 Å². The number of hydrogen-bond acceptors (Lipinski definition) is 10. The van der Waals surface area contributed by atoms with Gasteiger partial charge >= 0.3 is 12.1 Å². The Labute approximate surface area is 323 Å². The SMILES string of the molecule is CCOC(=O)N1CCN(C(=O)[C@H](CCC(=O)OC(C)(C)C)NC(=O)c2cc(O[C@H](C)C(=O)N3CCC[C@H]3C(=O)N3CCCCC3)c3ccc(C)cc3n2)CC1. The first-order valence-electron chi connectivity index (χ1n) is 19.6. The van der Waals surface area contributed by atoms with E-state index in [0.717, 1.165) is 31.2 Å². The maximum atomic E-state index is 14.0. The summed E-state index contributed by atoms with van der Waals surface area (Å²) >= 11 is 0. The molecule has 1 aromatic heterocycles. The number of carbonyl (C=O) groups excluding carboxylic acids is 6. The zero-order valence-corrected chi connectivity index (χ0v) is 33.1. The number of aromatic nitrogens is 1. The molecule has 0 radical (unpaired) electrons. The Morgan fingerprint density at radius 1 is 0.873 bits per heavy atom. The van der Waals surface area contributed by atoms with Crippen LogP contribution < -0.4 is 10.1 Å². The lowest BCUT2D eigenvalue weighted by Crippen LogP contribution is -2.56. The molecule has 15 nitrogen and oxygen atoms in total. The first-order chi connectivity index (χ1) is 26.1. The Bertz CT molecular complexity index is 1750. The maximum Gasteiger partial charge on any atom is 0.409 e. The van der Waals surface area contributed by atoms with Crippen LogP contribution in [0.1, 0.15) is 95.6 Å². The van der Waals surface area contributed by atoms with Crippen molar-refractivity contribution in [3.63, 3.8) is 0 Å². The molecule has 3 aliphatic rings. The lowest BCUT2D eigenvalue weighted by Gasteiger charge is -2.36. The highest BCUT2D eigenvalue weighted by Crippen LogP contribution is 2.29. The highest BCUT2D eigenvalue weighted by atomic mass is 16.6. The van der Waals surface area contributed by atoms with Crippen molar-refractivity contribution in [1.82, 2.24) is 29.9 Å². The second kappa shape index (κ2) is 18.1. The van der Waals surface area contributed by atoms with E-state index in [9.17, 15) is 28.8 Å². The molecule has 3 atom stereocenters. The molecule has 2 aromatic rings. The monoisotopic (exact) mass is 764 g/mol. The minimum Gasteiger partial charge on any atom is -0.480 e. The summed E-state index contributed by atoms with van der Waals surface area (Å²) < 4.78 is 16.9. The molecule has 3 aliphatic heterocycles. The Hall–Kier alpha value is -4.95. The molecule has 0 aliphatic carbocycles. The number of aryl methyl sites for hydroxylation is 1. The Morgan fingerprint density at radius 3 is 2.24 bits per heavy atom. The van der Waals surface area contributed by atoms with Crippen molar-refractivity contribution in [2.75, 3.05) is 52.4 Å². The van der Waals surface area contributed by atoms with Gasteiger partial charge < -0.3 is 39.1 Å². The number of likely N-dealkylation sites (tertiary alicyclic amines) is 2. The predicted molar refractivity (Wildman–Crippen MR) is 203 cm³/mol. The average molecular weight is 765 g/mol. The fourth-order valence-electron chi connectivity index (χ4n) is 7.30. The number of benzene rings is 1. The van der Waals surface area contributed by atoms with Gasteiger partial charge in [0, 0.05) is 63.7 Å². The van der Waals surface area contributed by atoms with Crippen LogP contribution in [0.25, 0.3) is 10.9 Å². The van der Waals surface area contributed by atoms with Crippen molar-refractivity contribution in [2.45, 2.75) is 110 Å². The van der Waals surface area contributed by atoms with Crippen LogP contribution in [-0.4, -0.2) is 136 Å². The molecular formula is C40H56N6O9. The maximum absolute atomic E-state index is 14.0. The summed E-state index contributed by atoms with van der Waals surface area (Å²) in [5.41, 5.74) is 0.558. The van der Waals surface area contributed by atoms with Crippen LogP contribution in [0.2, 0.25) is 0 Å². The van der Waals surface area contributed by atoms with Crippen molar-refractivity contribution < 1.29 is 43.0 Å². The number of fused-ring (bicyclic) bond motifs is 1. The third-order valence-electron chi connectivity index (χ3n) is 10.1. The van der Waals surface area contributed by atoms with Gasteiger partial charge in [0.2, 0.25) is 11.8 Å². The van der Waals surface area contributed by atoms with E-state index in [4.69, 9.17) is 14.2 Å². The van der Waals surface area contributed by atoms with Gasteiger partial charge in [0.25, 0.3) is 11.8 Å². The van der Waals surface area contributed by atoms with E-state index in [2.05, 4.69) is 10.3 Å². The highest BCUT2D eigenvalue weighted by molar-refractivity contribution is 6.00. The summed E-state index contributed by atoms with van der Waals surface area (Å²) in [5, 5.41) is 3.39. The van der Waals surface area contributed by atoms with Gasteiger partial charge in [-0.15, -0.1) is 0 Å². The zero-order chi connectivity index (χ0) is 39.9. The number of ether oxygens (including phenoxy) is 3. The Balaban J connectivity index is 1.35. The quantitative estimate of drug-likeness (QED) is 0.332. The summed E-state index contributed by atoms with van der Waals surface area (Å²) in [4.78, 5) is 91.4. The van der Waals surface area contributed by atoms with Crippen molar-refractivity contribution >= 4 is 46.6 Å². The largest absolute Gasteiger partial charge is 0.480 e. The van der Waals surface area contributed by atoms with Gasteiger partial charge in [-0.05, 0) is 97.8 Å². The van der Waals surface area contributed by atoms with E-state index < -0.39 is 47.7 Å². The Morgan fingerprint density at radius 2 is 1.56 bits per heavy atom. The molecule has 1 N–H and O–H groups in total. The molecule has 15 heteroatoms. The van der Waals surface area contributed by atoms with Gasteiger partial charge in [-0.1, -0.05) is 6.07 Å². The number of amides is 5. The number of nitrogens with zero attached hydrogens (tertiary/aromatic N) is 5. The van der Waals surface area contributed by atoms with Crippen LogP contribution in [-0.2, 0) is 28.7 Å². The van der Waals surface area contributed by atoms with Gasteiger partial charge in [-0.3, -0.25) is 24.0 Å². The van der Waals surface area contributed by atoms with Crippen LogP contribution in [0, 0.1) is 6.92 Å². The van der Waals surface area contributed by atoms with Crippen molar-refractivity contribution in [1.29, 1.82) is 0 Å². The van der Waals surface area contributed by atoms with Crippen LogP contribution in [0.3, 0.4) is 0 Å². The van der Waals surface area contributed by atoms with E-state index in [1.165, 1.54) is 11.0 Å². The minimum absolute atomic E-state index is 0.0156. The summed E-state index contributed by atoms with van der Waals surface area (Å²) in [6, 6.07) is 5.30. The number of esters is 1. The van der Waals surface area contributed by atoms with Crippen LogP contribution in [0.5, 0.6) is 5.75 Å². The third-order valence-corrected chi connectivity index (χ3v) is 10.1. The lowest BCUT2D eigenvalue weighted by atomic mass is 10.1. The molecular weight excluding hydrogens is 708 g/mol. The van der Waals surface area contributed by atoms with Crippen LogP contribution in [0.15, 0.2) is 24.3 Å². The fraction of sp³-hybridized carbons (Fsp3) is 0.625. The lowest BCUT2D eigenvalue weighted by molar-refractivity contribution is -0.155. The number of piperidine rings is 1. The molecule has 300 valence electrons. The number of pyridine rings is 1. The molecule has 3 saturated heterocycles. The van der Waals surface area contributed by atoms with Crippen LogP contribution >= 0.6 is 0 Å². The van der Waals surface area contributed by atoms with E-state index in [1.807, 2.05) is 24.0 Å². The van der Waals surface area contributed by atoms with Crippen LogP contribution in [0.4, 0.5) is 4.79 Å². The molecule has 0 spiro atoms. The zero-order valence-electron chi connectivity index (χ0n) is 33.1. The molecule has 0 unspecified atom stereocenters. The first kappa shape index (κ1) is 41.2. The van der Waals surface area contributed by atoms with Gasteiger partial charge in [0.1, 0.15) is 29.1 Å². The number of piperazine rings is 1. The minimum atomic E-state index is -1.11. The predicted octanol–water partition coefficient (Wildman–Crippen LogP) is 3.84. The van der Waals surface area contributed by atoms with Gasteiger partial charge in [-0.25, -0.2) is 9.78 Å². The van der Waals surface area contributed by atoms with Gasteiger partial charge in [0.05, 0.1) is 12.1 Å². The number of hydrogen-bond donors (Lipinski definition) is 1. The highest BCUT2D eigenvalue weighted by Gasteiger charge is 2.39. The second-order valence-corrected chi connectivity index (χ2v) is 15.5. The molecule has 5 amide bonds. The molecule has 0 bridgehead atoms. The first-order valence-corrected chi connectivity index (χ1v) is 19.6. The normalized spacial score (nSPS) is 18.8. The summed E-state index contributed by atoms with van der Waals surface area (Å²) in [6.45, 7) is 13.5. The number of nitrogens with one attached hydrogen (secondary N) is 1. The van der Waals surface area contributed by atoms with E-state index in [1.54, 1.807) is 50.5 Å². The summed E-state index contributed by atoms with van der Waals surface area (Å²) in [5.74, 6) is -1.68. The smallest absolute Gasteiger partial charge is 0.409 e. The molecule has 5 rings (SSSR count). The van der Waals surface area contributed by atoms with E-state index in [-0.39, 0.29) is 68.9 Å². The second-order valence-electron chi connectivity index (χ2n) is 15.5. The fourth-order valence-corrected chi connectivity index (χ4v) is 7.30. The molecule has 0 saturated carbocycles. The molecule has 55 heavy (non-hydrogen) atoms. The number of rotatable bonds is 11. The number of carbonyl (C=O) groups is 6. The van der Waals surface area contributed by atoms with Crippen molar-refractivity contribution in [3.05, 3.63) is 35.5 Å². The van der Waals surface area contributed by atoms with E-state index >= 15 is 0 Å². The summed E-state index contributed by atoms with van der Waals surface area (Å²) in [7, 11) is 0. The molecule has 3 fully saturated rings. The van der Waals surface area contributed by atoms with E-state index in [0.29, 0.717) is 37.0 Å². The standard InChI is InChI=1S/C40H56N6O9/c1-7-53-39(52)45-22-20-44(21-23-45)37(50)29(15-16-34(47)55-40(4,5)6)42-35(48)31-25-33(28-14-13-26(2)24-30(28)41-31)54-27(3)36(49)46-19-11-12-32(46)38(51)43-17-9-8-10-18-43/h13-14,24-25,27,29,32H,7-12,15-23H2,1-6H3,(H,42,48)/t27-,29+,32+/m1/s1. The van der Waals surface area contributed by atoms with Crippen molar-refractivity contribution in [3.8, 4) is 5.75 Å². The topological polar surface area (TPSA) is 168 Å². The Kier molecular flexibility index (Phi) is 13.6. The third kappa shape index (κ3) is 10.6. The van der Waals surface area contributed by atoms with Gasteiger partial charge in [0.15, 0.2) is 6.10 Å². The van der Waals surface area contributed by atoms with Gasteiger partial charge in [-0.2, -0.15) is 0 Å². The molecule has 1 aromatic carbocycles.